The number of hydrogen-bond donors (Lipinski definition) is 1. The number of anilines is 2. The molecule has 1 rings (SSSR count). The van der Waals surface area contributed by atoms with Crippen molar-refractivity contribution in [2.24, 2.45) is 0 Å². The lowest BCUT2D eigenvalue weighted by Crippen LogP contribution is -2.24. The first-order chi connectivity index (χ1) is 6.71. The van der Waals surface area contributed by atoms with Gasteiger partial charge in [-0.1, -0.05) is 0 Å². The second-order valence-corrected chi connectivity index (χ2v) is 3.12. The summed E-state index contributed by atoms with van der Waals surface area (Å²) in [6.07, 6.45) is 0. The molecule has 4 heteroatoms. The smallest absolute Gasteiger partial charge is 0.227 e. The van der Waals surface area contributed by atoms with Crippen LogP contribution in [0.4, 0.5) is 11.8 Å². The van der Waals surface area contributed by atoms with Crippen LogP contribution in [0, 0.1) is 6.92 Å². The molecular weight excluding hydrogens is 176 g/mol. The minimum atomic E-state index is 0.805. The van der Waals surface area contributed by atoms with Crippen LogP contribution in [-0.2, 0) is 0 Å². The van der Waals surface area contributed by atoms with E-state index in [1.165, 1.54) is 0 Å². The van der Waals surface area contributed by atoms with E-state index in [0.717, 1.165) is 30.5 Å². The summed E-state index contributed by atoms with van der Waals surface area (Å²) in [5, 5.41) is 3.03. The summed E-state index contributed by atoms with van der Waals surface area (Å²) in [5.41, 5.74) is 0.992. The SMILES string of the molecule is CCN(CC)c1nc(C)cc(NC)n1. The van der Waals surface area contributed by atoms with Crippen molar-refractivity contribution in [3.63, 3.8) is 0 Å². The highest BCUT2D eigenvalue weighted by atomic mass is 15.3. The van der Waals surface area contributed by atoms with Crippen LogP contribution >= 0.6 is 0 Å². The highest BCUT2D eigenvalue weighted by molar-refractivity contribution is 5.42. The second-order valence-electron chi connectivity index (χ2n) is 3.12. The molecule has 0 spiro atoms. The van der Waals surface area contributed by atoms with Crippen LogP contribution in [0.15, 0.2) is 6.07 Å². The first-order valence-corrected chi connectivity index (χ1v) is 4.99. The monoisotopic (exact) mass is 194 g/mol. The first kappa shape index (κ1) is 10.8. The average molecular weight is 194 g/mol. The first-order valence-electron chi connectivity index (χ1n) is 4.99. The van der Waals surface area contributed by atoms with Gasteiger partial charge in [0.15, 0.2) is 0 Å². The molecule has 0 aliphatic carbocycles. The maximum atomic E-state index is 4.40. The van der Waals surface area contributed by atoms with Crippen LogP contribution in [0.1, 0.15) is 19.5 Å². The van der Waals surface area contributed by atoms with Crippen LogP contribution in [0.5, 0.6) is 0 Å². The normalized spacial score (nSPS) is 10.0. The topological polar surface area (TPSA) is 41.1 Å². The molecule has 1 aromatic rings. The number of nitrogens with one attached hydrogen (secondary N) is 1. The molecule has 0 radical (unpaired) electrons. The third kappa shape index (κ3) is 2.34. The Hall–Kier alpha value is -1.32. The van der Waals surface area contributed by atoms with Gasteiger partial charge in [-0.3, -0.25) is 0 Å². The van der Waals surface area contributed by atoms with Crippen molar-refractivity contribution in [2.45, 2.75) is 20.8 Å². The van der Waals surface area contributed by atoms with E-state index < -0.39 is 0 Å². The van der Waals surface area contributed by atoms with Gasteiger partial charge in [0.2, 0.25) is 5.95 Å². The third-order valence-corrected chi connectivity index (χ3v) is 2.14. The molecule has 0 saturated heterocycles. The van der Waals surface area contributed by atoms with Gasteiger partial charge in [0.1, 0.15) is 5.82 Å². The van der Waals surface area contributed by atoms with E-state index >= 15 is 0 Å². The van der Waals surface area contributed by atoms with Crippen LogP contribution in [0.25, 0.3) is 0 Å². The molecule has 0 atom stereocenters. The highest BCUT2D eigenvalue weighted by Crippen LogP contribution is 2.12. The summed E-state index contributed by atoms with van der Waals surface area (Å²) in [6, 6.07) is 1.94. The fourth-order valence-electron chi connectivity index (χ4n) is 1.33. The molecular formula is C10H18N4. The third-order valence-electron chi connectivity index (χ3n) is 2.14. The average Bonchev–Trinajstić information content (AvgIpc) is 2.19. The minimum absolute atomic E-state index is 0.805. The Balaban J connectivity index is 3.01. The van der Waals surface area contributed by atoms with Crippen LogP contribution in [-0.4, -0.2) is 30.1 Å². The molecule has 0 unspecified atom stereocenters. The predicted molar refractivity (Wildman–Crippen MR) is 59.9 cm³/mol. The Labute approximate surface area is 85.4 Å². The molecule has 78 valence electrons. The number of rotatable bonds is 4. The zero-order valence-electron chi connectivity index (χ0n) is 9.33. The lowest BCUT2D eigenvalue weighted by Gasteiger charge is -2.19. The van der Waals surface area contributed by atoms with Gasteiger partial charge in [0.25, 0.3) is 0 Å². The molecule has 0 saturated carbocycles. The van der Waals surface area contributed by atoms with Gasteiger partial charge in [0.05, 0.1) is 0 Å². The van der Waals surface area contributed by atoms with Crippen LogP contribution in [0.3, 0.4) is 0 Å². The fourth-order valence-corrected chi connectivity index (χ4v) is 1.33. The van der Waals surface area contributed by atoms with Gasteiger partial charge >= 0.3 is 0 Å². The summed E-state index contributed by atoms with van der Waals surface area (Å²) >= 11 is 0. The molecule has 1 aromatic heterocycles. The standard InChI is InChI=1S/C10H18N4/c1-5-14(6-2)10-12-8(3)7-9(11-4)13-10/h7H,5-6H2,1-4H3,(H,11,12,13). The van der Waals surface area contributed by atoms with Crippen molar-refractivity contribution in [1.29, 1.82) is 0 Å². The summed E-state index contributed by atoms with van der Waals surface area (Å²) in [5.74, 6) is 1.68. The number of nitrogens with zero attached hydrogens (tertiary/aromatic N) is 3. The fraction of sp³-hybridized carbons (Fsp3) is 0.600. The van der Waals surface area contributed by atoms with Crippen LogP contribution < -0.4 is 10.2 Å². The number of aryl methyl sites for hydroxylation is 1. The van der Waals surface area contributed by atoms with E-state index in [4.69, 9.17) is 0 Å². The highest BCUT2D eigenvalue weighted by Gasteiger charge is 2.06. The summed E-state index contributed by atoms with van der Waals surface area (Å²) in [6.45, 7) is 8.06. The van der Waals surface area contributed by atoms with Gasteiger partial charge in [-0.15, -0.1) is 0 Å². The summed E-state index contributed by atoms with van der Waals surface area (Å²) in [4.78, 5) is 10.9. The van der Waals surface area contributed by atoms with Gasteiger partial charge in [0, 0.05) is 31.9 Å². The molecule has 0 fully saturated rings. The second kappa shape index (κ2) is 4.79. The van der Waals surface area contributed by atoms with Gasteiger partial charge < -0.3 is 10.2 Å². The molecule has 0 aliphatic heterocycles. The van der Waals surface area contributed by atoms with E-state index in [1.807, 2.05) is 20.0 Å². The molecule has 0 aliphatic rings. The maximum absolute atomic E-state index is 4.40. The van der Waals surface area contributed by atoms with Crippen molar-refractivity contribution in [2.75, 3.05) is 30.4 Å². The van der Waals surface area contributed by atoms with Crippen molar-refractivity contribution >= 4 is 11.8 Å². The van der Waals surface area contributed by atoms with E-state index in [2.05, 4.69) is 34.0 Å². The van der Waals surface area contributed by atoms with E-state index in [1.54, 1.807) is 0 Å². The summed E-state index contributed by atoms with van der Waals surface area (Å²) in [7, 11) is 1.87. The lowest BCUT2D eigenvalue weighted by atomic mass is 10.4. The van der Waals surface area contributed by atoms with Crippen LogP contribution in [0.2, 0.25) is 0 Å². The molecule has 1 N–H and O–H groups in total. The largest absolute Gasteiger partial charge is 0.373 e. The molecule has 14 heavy (non-hydrogen) atoms. The molecule has 4 nitrogen and oxygen atoms in total. The summed E-state index contributed by atoms with van der Waals surface area (Å²) < 4.78 is 0. The lowest BCUT2D eigenvalue weighted by molar-refractivity contribution is 0.817. The quantitative estimate of drug-likeness (QED) is 0.791. The van der Waals surface area contributed by atoms with Gasteiger partial charge in [-0.25, -0.2) is 4.98 Å². The Morgan fingerprint density at radius 3 is 2.43 bits per heavy atom. The molecule has 0 aromatic carbocycles. The predicted octanol–water partition coefficient (Wildman–Crippen LogP) is 1.67. The Morgan fingerprint density at radius 2 is 1.93 bits per heavy atom. The van der Waals surface area contributed by atoms with Gasteiger partial charge in [-0.05, 0) is 20.8 Å². The van der Waals surface area contributed by atoms with E-state index in [9.17, 15) is 0 Å². The molecule has 0 bridgehead atoms. The minimum Gasteiger partial charge on any atom is -0.373 e. The Morgan fingerprint density at radius 1 is 1.29 bits per heavy atom. The van der Waals surface area contributed by atoms with Crippen molar-refractivity contribution in [3.8, 4) is 0 Å². The van der Waals surface area contributed by atoms with Crippen molar-refractivity contribution in [3.05, 3.63) is 11.8 Å². The molecule has 0 amide bonds. The van der Waals surface area contributed by atoms with Crippen molar-refractivity contribution in [1.82, 2.24) is 9.97 Å². The van der Waals surface area contributed by atoms with Crippen molar-refractivity contribution < 1.29 is 0 Å². The van der Waals surface area contributed by atoms with E-state index in [-0.39, 0.29) is 0 Å². The zero-order chi connectivity index (χ0) is 10.6. The zero-order valence-corrected chi connectivity index (χ0v) is 9.33. The van der Waals surface area contributed by atoms with Gasteiger partial charge in [-0.2, -0.15) is 4.98 Å². The number of aromatic nitrogens is 2. The Kier molecular flexibility index (Phi) is 3.68. The van der Waals surface area contributed by atoms with E-state index in [0.29, 0.717) is 0 Å². The maximum Gasteiger partial charge on any atom is 0.227 e. The Bertz CT molecular complexity index is 294. The number of hydrogen-bond acceptors (Lipinski definition) is 4. The molecule has 1 heterocycles.